The Balaban J connectivity index is 2.19. The van der Waals surface area contributed by atoms with E-state index >= 15 is 0 Å². The minimum absolute atomic E-state index is 0.118. The number of rotatable bonds is 6. The van der Waals surface area contributed by atoms with Gasteiger partial charge in [0.25, 0.3) is 0 Å². The molecule has 0 fully saturated rings. The van der Waals surface area contributed by atoms with Crippen molar-refractivity contribution >= 4 is 15.9 Å². The molecule has 0 bridgehead atoms. The van der Waals surface area contributed by atoms with Crippen LogP contribution in [-0.2, 0) is 6.42 Å². The monoisotopic (exact) mass is 335 g/mol. The number of nitrogens with one attached hydrogen (secondary N) is 1. The molecule has 2 aromatic rings. The van der Waals surface area contributed by atoms with Gasteiger partial charge in [0.1, 0.15) is 5.82 Å². The normalized spacial score (nSPS) is 12.3. The minimum Gasteiger partial charge on any atom is -0.316 e. The molecular formula is C17H19BrFN. The Labute approximate surface area is 128 Å². The van der Waals surface area contributed by atoms with Gasteiger partial charge in [-0.05, 0) is 42.3 Å². The van der Waals surface area contributed by atoms with E-state index in [-0.39, 0.29) is 11.7 Å². The van der Waals surface area contributed by atoms with Crippen molar-refractivity contribution in [2.75, 3.05) is 13.1 Å². The Morgan fingerprint density at radius 2 is 1.80 bits per heavy atom. The average molecular weight is 336 g/mol. The molecule has 0 aliphatic heterocycles. The Morgan fingerprint density at radius 1 is 1.10 bits per heavy atom. The zero-order valence-corrected chi connectivity index (χ0v) is 13.2. The van der Waals surface area contributed by atoms with E-state index in [2.05, 4.69) is 40.3 Å². The third-order valence-corrected chi connectivity index (χ3v) is 3.91. The summed E-state index contributed by atoms with van der Waals surface area (Å²) in [6, 6.07) is 15.3. The van der Waals surface area contributed by atoms with Crippen LogP contribution in [0.4, 0.5) is 4.39 Å². The van der Waals surface area contributed by atoms with E-state index in [1.54, 1.807) is 6.07 Å². The maximum absolute atomic E-state index is 14.0. The molecule has 0 heterocycles. The molecule has 0 radical (unpaired) electrons. The van der Waals surface area contributed by atoms with Crippen LogP contribution in [0, 0.1) is 5.82 Å². The molecule has 1 unspecified atom stereocenters. The fourth-order valence-electron chi connectivity index (χ4n) is 2.32. The number of benzene rings is 2. The predicted molar refractivity (Wildman–Crippen MR) is 85.5 cm³/mol. The third-order valence-electron chi connectivity index (χ3n) is 3.38. The largest absolute Gasteiger partial charge is 0.316 e. The fourth-order valence-corrected chi connectivity index (χ4v) is 2.59. The van der Waals surface area contributed by atoms with Crippen LogP contribution in [0.2, 0.25) is 0 Å². The first-order chi connectivity index (χ1) is 9.70. The SMILES string of the molecule is CCNCC(Cc1ccc(Br)cc1)c1ccccc1F. The van der Waals surface area contributed by atoms with Gasteiger partial charge < -0.3 is 5.32 Å². The lowest BCUT2D eigenvalue weighted by atomic mass is 9.91. The first kappa shape index (κ1) is 15.2. The molecular weight excluding hydrogens is 317 g/mol. The Morgan fingerprint density at radius 3 is 2.45 bits per heavy atom. The lowest BCUT2D eigenvalue weighted by Crippen LogP contribution is -2.23. The highest BCUT2D eigenvalue weighted by Crippen LogP contribution is 2.24. The van der Waals surface area contributed by atoms with Gasteiger partial charge in [0.15, 0.2) is 0 Å². The Kier molecular flexibility index (Phi) is 5.74. The number of likely N-dealkylation sites (N-methyl/N-ethyl adjacent to an activating group) is 1. The summed E-state index contributed by atoms with van der Waals surface area (Å²) in [5.41, 5.74) is 2.01. The molecule has 1 atom stereocenters. The molecule has 2 aromatic carbocycles. The Bertz CT molecular complexity index is 539. The van der Waals surface area contributed by atoms with Crippen LogP contribution < -0.4 is 5.32 Å². The molecule has 20 heavy (non-hydrogen) atoms. The molecule has 3 heteroatoms. The molecule has 0 saturated carbocycles. The second-order valence-electron chi connectivity index (χ2n) is 4.86. The van der Waals surface area contributed by atoms with Crippen LogP contribution >= 0.6 is 15.9 Å². The molecule has 0 aromatic heterocycles. The summed E-state index contributed by atoms with van der Waals surface area (Å²) >= 11 is 3.44. The van der Waals surface area contributed by atoms with Crippen LogP contribution in [0.25, 0.3) is 0 Å². The smallest absolute Gasteiger partial charge is 0.126 e. The van der Waals surface area contributed by atoms with E-state index in [0.717, 1.165) is 29.5 Å². The second-order valence-corrected chi connectivity index (χ2v) is 5.77. The Hall–Kier alpha value is -1.19. The summed E-state index contributed by atoms with van der Waals surface area (Å²) in [6.07, 6.45) is 0.835. The fraction of sp³-hybridized carbons (Fsp3) is 0.294. The molecule has 0 saturated heterocycles. The lowest BCUT2D eigenvalue weighted by Gasteiger charge is -2.18. The van der Waals surface area contributed by atoms with Gasteiger partial charge in [0.05, 0.1) is 0 Å². The number of halogens is 2. The van der Waals surface area contributed by atoms with E-state index < -0.39 is 0 Å². The molecule has 2 rings (SSSR count). The summed E-state index contributed by atoms with van der Waals surface area (Å²) in [5, 5.41) is 3.33. The van der Waals surface area contributed by atoms with Crippen LogP contribution in [0.5, 0.6) is 0 Å². The lowest BCUT2D eigenvalue weighted by molar-refractivity contribution is 0.544. The van der Waals surface area contributed by atoms with E-state index in [0.29, 0.717) is 0 Å². The quantitative estimate of drug-likeness (QED) is 0.818. The maximum atomic E-state index is 14.0. The van der Waals surface area contributed by atoms with Crippen molar-refractivity contribution in [1.29, 1.82) is 0 Å². The van der Waals surface area contributed by atoms with Gasteiger partial charge in [-0.15, -0.1) is 0 Å². The average Bonchev–Trinajstić information content (AvgIpc) is 2.46. The maximum Gasteiger partial charge on any atom is 0.126 e. The van der Waals surface area contributed by atoms with Gasteiger partial charge in [-0.2, -0.15) is 0 Å². The highest BCUT2D eigenvalue weighted by Gasteiger charge is 2.15. The van der Waals surface area contributed by atoms with Crippen molar-refractivity contribution in [3.05, 3.63) is 69.9 Å². The predicted octanol–water partition coefficient (Wildman–Crippen LogP) is 4.52. The van der Waals surface area contributed by atoms with E-state index in [1.165, 1.54) is 11.6 Å². The van der Waals surface area contributed by atoms with Crippen LogP contribution in [0.15, 0.2) is 53.0 Å². The van der Waals surface area contributed by atoms with Crippen molar-refractivity contribution in [1.82, 2.24) is 5.32 Å². The van der Waals surface area contributed by atoms with E-state index in [1.807, 2.05) is 24.3 Å². The van der Waals surface area contributed by atoms with Crippen molar-refractivity contribution in [2.45, 2.75) is 19.3 Å². The van der Waals surface area contributed by atoms with Crippen molar-refractivity contribution in [3.63, 3.8) is 0 Å². The highest BCUT2D eigenvalue weighted by molar-refractivity contribution is 9.10. The first-order valence-electron chi connectivity index (χ1n) is 6.90. The topological polar surface area (TPSA) is 12.0 Å². The zero-order chi connectivity index (χ0) is 14.4. The van der Waals surface area contributed by atoms with Gasteiger partial charge in [-0.3, -0.25) is 0 Å². The zero-order valence-electron chi connectivity index (χ0n) is 11.6. The number of hydrogen-bond donors (Lipinski definition) is 1. The molecule has 0 amide bonds. The third kappa shape index (κ3) is 4.15. The first-order valence-corrected chi connectivity index (χ1v) is 7.69. The van der Waals surface area contributed by atoms with Crippen molar-refractivity contribution in [3.8, 4) is 0 Å². The van der Waals surface area contributed by atoms with Gasteiger partial charge in [-0.1, -0.05) is 53.2 Å². The van der Waals surface area contributed by atoms with Crippen LogP contribution in [0.3, 0.4) is 0 Å². The summed E-state index contributed by atoms with van der Waals surface area (Å²) in [7, 11) is 0. The molecule has 1 nitrogen and oxygen atoms in total. The molecule has 0 aliphatic rings. The molecule has 0 spiro atoms. The highest BCUT2D eigenvalue weighted by atomic mass is 79.9. The summed E-state index contributed by atoms with van der Waals surface area (Å²) in [6.45, 7) is 3.75. The van der Waals surface area contributed by atoms with Crippen molar-refractivity contribution < 1.29 is 4.39 Å². The summed E-state index contributed by atoms with van der Waals surface area (Å²) in [4.78, 5) is 0. The molecule has 0 aliphatic carbocycles. The van der Waals surface area contributed by atoms with Gasteiger partial charge in [0, 0.05) is 16.9 Å². The molecule has 1 N–H and O–H groups in total. The van der Waals surface area contributed by atoms with Gasteiger partial charge >= 0.3 is 0 Å². The van der Waals surface area contributed by atoms with Gasteiger partial charge in [-0.25, -0.2) is 4.39 Å². The van der Waals surface area contributed by atoms with Gasteiger partial charge in [0.2, 0.25) is 0 Å². The van der Waals surface area contributed by atoms with Crippen molar-refractivity contribution in [2.24, 2.45) is 0 Å². The van der Waals surface area contributed by atoms with E-state index in [4.69, 9.17) is 0 Å². The molecule has 106 valence electrons. The van der Waals surface area contributed by atoms with Crippen LogP contribution in [0.1, 0.15) is 24.0 Å². The minimum atomic E-state index is -0.118. The number of hydrogen-bond acceptors (Lipinski definition) is 1. The summed E-state index contributed by atoms with van der Waals surface area (Å²) < 4.78 is 15.1. The van der Waals surface area contributed by atoms with E-state index in [9.17, 15) is 4.39 Å². The van der Waals surface area contributed by atoms with Crippen LogP contribution in [-0.4, -0.2) is 13.1 Å². The summed E-state index contributed by atoms with van der Waals surface area (Å²) in [5.74, 6) is 0.0323. The standard InChI is InChI=1S/C17H19BrFN/c1-2-20-12-14(16-5-3-4-6-17(16)19)11-13-7-9-15(18)10-8-13/h3-10,14,20H,2,11-12H2,1H3. The second kappa shape index (κ2) is 7.55.